The fourth-order valence-electron chi connectivity index (χ4n) is 3.90. The van der Waals surface area contributed by atoms with Crippen LogP contribution in [0.3, 0.4) is 0 Å². The summed E-state index contributed by atoms with van der Waals surface area (Å²) in [6, 6.07) is 8.06. The smallest absolute Gasteiger partial charge is 0.283 e. The standard InChI is InChI=1S/C24H27N5O2S/c1-6-7-8-21-27-29-22(25)18(23(30)26-24(29)32-21)13-17-12-15(3)28(16(17)4)19-11-14(2)9-10-20(19)31-5/h9-13,25H,6-8H2,1-5H3. The third kappa shape index (κ3) is 3.90. The number of amidine groups is 2. The Morgan fingerprint density at radius 2 is 2.00 bits per heavy atom. The lowest BCUT2D eigenvalue weighted by atomic mass is 10.1. The number of hydrogen-bond donors (Lipinski definition) is 1. The molecule has 0 spiro atoms. The summed E-state index contributed by atoms with van der Waals surface area (Å²) in [5.74, 6) is 0.436. The topological polar surface area (TPSA) is 83.0 Å². The molecule has 8 heteroatoms. The number of aliphatic imine (C=N–C) groups is 1. The van der Waals surface area contributed by atoms with Crippen molar-refractivity contribution in [2.75, 3.05) is 7.11 Å². The molecule has 0 saturated carbocycles. The summed E-state index contributed by atoms with van der Waals surface area (Å²) in [5, 5.41) is 16.0. The van der Waals surface area contributed by atoms with Gasteiger partial charge in [0.15, 0.2) is 5.84 Å². The van der Waals surface area contributed by atoms with Gasteiger partial charge in [0.05, 0.1) is 18.4 Å². The number of carbonyl (C=O) groups excluding carboxylic acids is 1. The monoisotopic (exact) mass is 449 g/mol. The van der Waals surface area contributed by atoms with Gasteiger partial charge in [-0.2, -0.15) is 15.1 Å². The highest BCUT2D eigenvalue weighted by atomic mass is 32.2. The van der Waals surface area contributed by atoms with Gasteiger partial charge in [-0.15, -0.1) is 0 Å². The third-order valence-electron chi connectivity index (χ3n) is 5.59. The van der Waals surface area contributed by atoms with Crippen LogP contribution in [0.25, 0.3) is 11.8 Å². The van der Waals surface area contributed by atoms with Crippen molar-refractivity contribution < 1.29 is 9.53 Å². The minimum atomic E-state index is -0.404. The van der Waals surface area contributed by atoms with Crippen LogP contribution in [0.5, 0.6) is 5.75 Å². The molecule has 1 amide bonds. The Morgan fingerprint density at radius 3 is 2.72 bits per heavy atom. The first-order chi connectivity index (χ1) is 15.3. The highest BCUT2D eigenvalue weighted by Gasteiger charge is 2.35. The molecule has 0 bridgehead atoms. The summed E-state index contributed by atoms with van der Waals surface area (Å²) in [5.41, 5.74) is 5.14. The number of benzene rings is 1. The molecule has 166 valence electrons. The highest BCUT2D eigenvalue weighted by Crippen LogP contribution is 2.32. The molecule has 4 rings (SSSR count). The van der Waals surface area contributed by atoms with E-state index in [0.29, 0.717) is 5.17 Å². The molecule has 3 heterocycles. The maximum atomic E-state index is 12.8. The van der Waals surface area contributed by atoms with E-state index in [4.69, 9.17) is 10.1 Å². The van der Waals surface area contributed by atoms with Crippen LogP contribution >= 0.6 is 11.8 Å². The number of amides is 1. The molecule has 2 aliphatic heterocycles. The van der Waals surface area contributed by atoms with E-state index >= 15 is 0 Å². The van der Waals surface area contributed by atoms with Crippen LogP contribution < -0.4 is 4.74 Å². The fourth-order valence-corrected chi connectivity index (χ4v) is 4.82. The van der Waals surface area contributed by atoms with Gasteiger partial charge in [0.2, 0.25) is 5.17 Å². The molecule has 0 aliphatic carbocycles. The normalized spacial score (nSPS) is 17.0. The van der Waals surface area contributed by atoms with Crippen LogP contribution in [0.15, 0.2) is 39.9 Å². The number of unbranched alkanes of at least 4 members (excludes halogenated alkanes) is 1. The molecule has 0 radical (unpaired) electrons. The first-order valence-corrected chi connectivity index (χ1v) is 11.5. The van der Waals surface area contributed by atoms with Crippen molar-refractivity contribution in [3.63, 3.8) is 0 Å². The van der Waals surface area contributed by atoms with Crippen molar-refractivity contribution in [2.24, 2.45) is 10.1 Å². The van der Waals surface area contributed by atoms with Gasteiger partial charge >= 0.3 is 0 Å². The van der Waals surface area contributed by atoms with Gasteiger partial charge in [-0.3, -0.25) is 10.2 Å². The summed E-state index contributed by atoms with van der Waals surface area (Å²) in [7, 11) is 1.66. The van der Waals surface area contributed by atoms with Crippen molar-refractivity contribution in [2.45, 2.75) is 47.0 Å². The molecule has 2 aromatic rings. The van der Waals surface area contributed by atoms with Crippen molar-refractivity contribution in [3.05, 3.63) is 52.4 Å². The number of ether oxygens (including phenoxy) is 1. The lowest BCUT2D eigenvalue weighted by Crippen LogP contribution is -2.35. The zero-order valence-corrected chi connectivity index (χ0v) is 19.8. The summed E-state index contributed by atoms with van der Waals surface area (Å²) in [6.45, 7) is 8.18. The van der Waals surface area contributed by atoms with Gasteiger partial charge in [0.1, 0.15) is 10.8 Å². The number of methoxy groups -OCH3 is 1. The second-order valence-electron chi connectivity index (χ2n) is 7.95. The highest BCUT2D eigenvalue weighted by molar-refractivity contribution is 8.26. The number of hydrogen-bond acceptors (Lipinski definition) is 5. The number of aryl methyl sites for hydroxylation is 2. The zero-order chi connectivity index (χ0) is 23.0. The zero-order valence-electron chi connectivity index (χ0n) is 19.0. The number of aromatic nitrogens is 1. The van der Waals surface area contributed by atoms with E-state index in [0.717, 1.165) is 58.3 Å². The van der Waals surface area contributed by atoms with Gasteiger partial charge in [0, 0.05) is 11.4 Å². The maximum absolute atomic E-state index is 12.8. The number of rotatable bonds is 6. The molecule has 0 fully saturated rings. The van der Waals surface area contributed by atoms with Gasteiger partial charge in [-0.1, -0.05) is 19.4 Å². The van der Waals surface area contributed by atoms with Crippen LogP contribution in [-0.4, -0.2) is 38.6 Å². The van der Waals surface area contributed by atoms with Crippen LogP contribution in [0.4, 0.5) is 0 Å². The lowest BCUT2D eigenvalue weighted by molar-refractivity contribution is -0.114. The number of fused-ring (bicyclic) bond motifs is 1. The summed E-state index contributed by atoms with van der Waals surface area (Å²) >= 11 is 1.38. The molecular weight excluding hydrogens is 422 g/mol. The fraction of sp³-hybridized carbons (Fsp3) is 0.333. The van der Waals surface area contributed by atoms with E-state index in [1.54, 1.807) is 13.2 Å². The number of thioether (sulfide) groups is 1. The van der Waals surface area contributed by atoms with Crippen molar-refractivity contribution in [1.82, 2.24) is 9.58 Å². The number of hydrazone groups is 1. The van der Waals surface area contributed by atoms with Gasteiger partial charge < -0.3 is 9.30 Å². The maximum Gasteiger partial charge on any atom is 0.283 e. The van der Waals surface area contributed by atoms with Crippen molar-refractivity contribution in [1.29, 1.82) is 5.41 Å². The SMILES string of the molecule is CCCCC1=NN2C(=N)C(=Cc3cc(C)n(-c4cc(C)ccc4OC)c3C)C(=O)N=C2S1. The molecular formula is C24H27N5O2S. The molecule has 7 nitrogen and oxygen atoms in total. The quantitative estimate of drug-likeness (QED) is 0.613. The van der Waals surface area contributed by atoms with Crippen LogP contribution in [0.2, 0.25) is 0 Å². The molecule has 1 aromatic heterocycles. The lowest BCUT2D eigenvalue weighted by Gasteiger charge is -2.20. The van der Waals surface area contributed by atoms with E-state index in [1.807, 2.05) is 39.0 Å². The molecule has 32 heavy (non-hydrogen) atoms. The number of nitrogens with one attached hydrogen (secondary N) is 1. The van der Waals surface area contributed by atoms with Crippen molar-refractivity contribution >= 4 is 39.8 Å². The van der Waals surface area contributed by atoms with E-state index in [2.05, 4.69) is 27.7 Å². The largest absolute Gasteiger partial charge is 0.495 e. The van der Waals surface area contributed by atoms with Gasteiger partial charge in [-0.25, -0.2) is 0 Å². The Balaban J connectivity index is 1.72. The second-order valence-corrected chi connectivity index (χ2v) is 9.00. The molecule has 0 atom stereocenters. The Hall–Kier alpha value is -3.13. The average molecular weight is 450 g/mol. The second kappa shape index (κ2) is 8.78. The van der Waals surface area contributed by atoms with Gasteiger partial charge in [-0.05, 0) is 80.8 Å². The first kappa shape index (κ1) is 22.1. The third-order valence-corrected chi connectivity index (χ3v) is 6.55. The molecule has 1 N–H and O–H groups in total. The predicted molar refractivity (Wildman–Crippen MR) is 131 cm³/mol. The van der Waals surface area contributed by atoms with E-state index in [-0.39, 0.29) is 11.4 Å². The number of carbonyl (C=O) groups is 1. The first-order valence-electron chi connectivity index (χ1n) is 10.7. The Labute approximate surface area is 192 Å². The van der Waals surface area contributed by atoms with Crippen LogP contribution in [0.1, 0.15) is 48.7 Å². The van der Waals surface area contributed by atoms with E-state index in [1.165, 1.54) is 16.8 Å². The average Bonchev–Trinajstić information content (AvgIpc) is 3.29. The van der Waals surface area contributed by atoms with E-state index < -0.39 is 5.91 Å². The minimum Gasteiger partial charge on any atom is -0.495 e. The minimum absolute atomic E-state index is 0.0666. The van der Waals surface area contributed by atoms with Crippen LogP contribution in [-0.2, 0) is 4.79 Å². The summed E-state index contributed by atoms with van der Waals surface area (Å²) in [6.07, 6.45) is 4.66. The van der Waals surface area contributed by atoms with Crippen molar-refractivity contribution in [3.8, 4) is 11.4 Å². The summed E-state index contributed by atoms with van der Waals surface area (Å²) in [4.78, 5) is 17.0. The number of nitrogens with zero attached hydrogens (tertiary/aromatic N) is 4. The molecule has 1 aromatic carbocycles. The molecule has 0 unspecified atom stereocenters. The Bertz CT molecular complexity index is 1210. The van der Waals surface area contributed by atoms with E-state index in [9.17, 15) is 4.79 Å². The van der Waals surface area contributed by atoms with Crippen LogP contribution in [0, 0.1) is 26.2 Å². The Kier molecular flexibility index (Phi) is 6.06. The molecule has 2 aliphatic rings. The van der Waals surface area contributed by atoms with Gasteiger partial charge in [0.25, 0.3) is 5.91 Å². The summed E-state index contributed by atoms with van der Waals surface area (Å²) < 4.78 is 7.69. The Morgan fingerprint density at radius 1 is 1.22 bits per heavy atom. The molecule has 0 saturated heterocycles. The predicted octanol–water partition coefficient (Wildman–Crippen LogP) is 5.22.